The lowest BCUT2D eigenvalue weighted by molar-refractivity contribution is -0.137. The average molecular weight is 368 g/mol. The zero-order valence-corrected chi connectivity index (χ0v) is 16.2. The van der Waals surface area contributed by atoms with E-state index in [1.165, 1.54) is 6.08 Å². The van der Waals surface area contributed by atoms with Crippen LogP contribution in [0.1, 0.15) is 48.0 Å². The molecular formula is C18H28N2O6. The number of alkyl carbamates (subject to hydrolysis) is 1. The Morgan fingerprint density at radius 3 is 2.38 bits per heavy atom. The number of carbonyl (C=O) groups excluding carboxylic acids is 4. The Morgan fingerprint density at radius 1 is 1.31 bits per heavy atom. The smallest absolute Gasteiger partial charge is 0.408 e. The first-order valence-electron chi connectivity index (χ1n) is 8.62. The molecule has 1 saturated heterocycles. The maximum atomic E-state index is 12.9. The third-order valence-corrected chi connectivity index (χ3v) is 3.72. The second-order valence-electron chi connectivity index (χ2n) is 7.45. The van der Waals surface area contributed by atoms with E-state index in [0.29, 0.717) is 0 Å². The molecule has 8 heteroatoms. The Labute approximate surface area is 153 Å². The van der Waals surface area contributed by atoms with Gasteiger partial charge in [-0.05, 0) is 33.6 Å². The Morgan fingerprint density at radius 2 is 1.92 bits per heavy atom. The maximum Gasteiger partial charge on any atom is 0.408 e. The van der Waals surface area contributed by atoms with E-state index in [4.69, 9.17) is 9.47 Å². The highest BCUT2D eigenvalue weighted by atomic mass is 16.6. The van der Waals surface area contributed by atoms with Crippen LogP contribution in [0.4, 0.5) is 4.79 Å². The maximum absolute atomic E-state index is 12.9. The predicted octanol–water partition coefficient (Wildman–Crippen LogP) is 1.48. The van der Waals surface area contributed by atoms with Gasteiger partial charge in [0.05, 0.1) is 12.6 Å². The molecule has 1 aliphatic rings. The van der Waals surface area contributed by atoms with Gasteiger partial charge in [0.2, 0.25) is 0 Å². The van der Waals surface area contributed by atoms with Crippen LogP contribution in [0, 0.1) is 5.92 Å². The summed E-state index contributed by atoms with van der Waals surface area (Å²) in [4.78, 5) is 49.1. The lowest BCUT2D eigenvalue weighted by Gasteiger charge is -2.28. The molecule has 1 fully saturated rings. The number of amides is 2. The van der Waals surface area contributed by atoms with Gasteiger partial charge in [0, 0.05) is 12.5 Å². The van der Waals surface area contributed by atoms with Crippen LogP contribution in [0.3, 0.4) is 0 Å². The van der Waals surface area contributed by atoms with E-state index < -0.39 is 40.9 Å². The predicted molar refractivity (Wildman–Crippen MR) is 94.3 cm³/mol. The average Bonchev–Trinajstić information content (AvgIpc) is 2.71. The number of hydrogen-bond acceptors (Lipinski definition) is 6. The first-order chi connectivity index (χ1) is 11.9. The molecule has 2 atom stereocenters. The van der Waals surface area contributed by atoms with Gasteiger partial charge in [0.1, 0.15) is 5.60 Å². The highest BCUT2D eigenvalue weighted by molar-refractivity contribution is 6.20. The van der Waals surface area contributed by atoms with Gasteiger partial charge in [-0.3, -0.25) is 14.9 Å². The molecule has 2 amide bonds. The molecule has 0 aliphatic carbocycles. The lowest BCUT2D eigenvalue weighted by Crippen LogP contribution is -2.58. The number of esters is 1. The summed E-state index contributed by atoms with van der Waals surface area (Å²) in [5, 5.41) is 5.03. The lowest BCUT2D eigenvalue weighted by atomic mass is 9.86. The second kappa shape index (κ2) is 8.33. The molecule has 2 N–H and O–H groups in total. The van der Waals surface area contributed by atoms with E-state index in [1.807, 2.05) is 0 Å². The largest absolute Gasteiger partial charge is 0.463 e. The minimum atomic E-state index is -1.82. The van der Waals surface area contributed by atoms with Crippen molar-refractivity contribution in [3.8, 4) is 0 Å². The Kier molecular flexibility index (Phi) is 6.94. The number of rotatable bonds is 6. The summed E-state index contributed by atoms with van der Waals surface area (Å²) < 4.78 is 9.96. The summed E-state index contributed by atoms with van der Waals surface area (Å²) in [6.07, 6.45) is 1.41. The van der Waals surface area contributed by atoms with E-state index in [-0.39, 0.29) is 18.9 Å². The van der Waals surface area contributed by atoms with Crippen LogP contribution >= 0.6 is 0 Å². The number of ketones is 1. The number of carbonyl (C=O) groups is 4. The van der Waals surface area contributed by atoms with Gasteiger partial charge >= 0.3 is 12.1 Å². The molecule has 0 bridgehead atoms. The molecular weight excluding hydrogens is 340 g/mol. The number of nitrogens with one attached hydrogen (secondary N) is 2. The van der Waals surface area contributed by atoms with Crippen LogP contribution in [0.25, 0.3) is 0 Å². The monoisotopic (exact) mass is 368 g/mol. The molecule has 1 aliphatic heterocycles. The fourth-order valence-electron chi connectivity index (χ4n) is 2.54. The molecule has 0 aromatic rings. The molecule has 0 aromatic carbocycles. The van der Waals surface area contributed by atoms with Gasteiger partial charge in [-0.25, -0.2) is 9.59 Å². The van der Waals surface area contributed by atoms with E-state index in [2.05, 4.69) is 10.6 Å². The van der Waals surface area contributed by atoms with Crippen molar-refractivity contribution in [1.82, 2.24) is 10.6 Å². The summed E-state index contributed by atoms with van der Waals surface area (Å²) in [5.41, 5.74) is -2.61. The van der Waals surface area contributed by atoms with Crippen LogP contribution in [0.2, 0.25) is 0 Å². The molecule has 146 valence electrons. The quantitative estimate of drug-likeness (QED) is 0.417. The van der Waals surface area contributed by atoms with Crippen molar-refractivity contribution in [2.24, 2.45) is 5.92 Å². The van der Waals surface area contributed by atoms with Crippen molar-refractivity contribution in [3.05, 3.63) is 12.2 Å². The summed E-state index contributed by atoms with van der Waals surface area (Å²) in [6, 6.07) is -0.728. The summed E-state index contributed by atoms with van der Waals surface area (Å²) in [7, 11) is 0. The van der Waals surface area contributed by atoms with Crippen molar-refractivity contribution in [2.45, 2.75) is 65.1 Å². The molecule has 0 saturated carbocycles. The van der Waals surface area contributed by atoms with Crippen LogP contribution in [0.5, 0.6) is 0 Å². The molecule has 1 rings (SSSR count). The standard InChI is InChI=1S/C18H28N2O6/c1-7-25-12(21)9-8-10-18(20-16(24)26-17(4,5)6)14(22)13(11(2)3)19-15(18)23/h8-9,11,13H,7,10H2,1-6H3,(H,19,23)(H,20,24)/b9-8+/t13-,18-/m0/s1. The van der Waals surface area contributed by atoms with Gasteiger partial charge in [-0.15, -0.1) is 0 Å². The first kappa shape index (κ1) is 21.7. The third kappa shape index (κ3) is 5.31. The molecule has 8 nitrogen and oxygen atoms in total. The SMILES string of the molecule is CCOC(=O)/C=C/C[C@@]1(NC(=O)OC(C)(C)C)C(=O)N[C@@H](C(C)C)C1=O. The molecule has 0 radical (unpaired) electrons. The Balaban J connectivity index is 3.09. The van der Waals surface area contributed by atoms with Crippen molar-refractivity contribution in [2.75, 3.05) is 6.61 Å². The summed E-state index contributed by atoms with van der Waals surface area (Å²) >= 11 is 0. The number of Topliss-reactive ketones (excluding diaryl/α,β-unsaturated/α-hetero) is 1. The zero-order valence-electron chi connectivity index (χ0n) is 16.2. The van der Waals surface area contributed by atoms with E-state index in [0.717, 1.165) is 6.08 Å². The molecule has 26 heavy (non-hydrogen) atoms. The minimum absolute atomic E-state index is 0.150. The van der Waals surface area contributed by atoms with E-state index in [1.54, 1.807) is 41.5 Å². The third-order valence-electron chi connectivity index (χ3n) is 3.72. The summed E-state index contributed by atoms with van der Waals surface area (Å²) in [5.74, 6) is -1.83. The van der Waals surface area contributed by atoms with Crippen molar-refractivity contribution < 1.29 is 28.7 Å². The molecule has 1 heterocycles. The topological polar surface area (TPSA) is 111 Å². The summed E-state index contributed by atoms with van der Waals surface area (Å²) in [6.45, 7) is 10.5. The van der Waals surface area contributed by atoms with Gasteiger partial charge in [-0.1, -0.05) is 19.9 Å². The van der Waals surface area contributed by atoms with Crippen LogP contribution in [0.15, 0.2) is 12.2 Å². The first-order valence-corrected chi connectivity index (χ1v) is 8.62. The van der Waals surface area contributed by atoms with Crippen molar-refractivity contribution in [1.29, 1.82) is 0 Å². The second-order valence-corrected chi connectivity index (χ2v) is 7.45. The van der Waals surface area contributed by atoms with Crippen LogP contribution < -0.4 is 10.6 Å². The fraction of sp³-hybridized carbons (Fsp3) is 0.667. The normalized spacial score (nSPS) is 23.3. The van der Waals surface area contributed by atoms with Gasteiger partial charge in [-0.2, -0.15) is 0 Å². The number of hydrogen-bond donors (Lipinski definition) is 2. The highest BCUT2D eigenvalue weighted by Crippen LogP contribution is 2.26. The molecule has 0 aromatic heterocycles. The fourth-order valence-corrected chi connectivity index (χ4v) is 2.54. The van der Waals surface area contributed by atoms with Gasteiger partial charge < -0.3 is 14.8 Å². The van der Waals surface area contributed by atoms with Gasteiger partial charge in [0.25, 0.3) is 5.91 Å². The Hall–Kier alpha value is -2.38. The van der Waals surface area contributed by atoms with Crippen LogP contribution in [-0.4, -0.2) is 47.5 Å². The number of ether oxygens (including phenoxy) is 2. The minimum Gasteiger partial charge on any atom is -0.463 e. The zero-order chi connectivity index (χ0) is 20.1. The van der Waals surface area contributed by atoms with Gasteiger partial charge in [0.15, 0.2) is 11.3 Å². The van der Waals surface area contributed by atoms with E-state index in [9.17, 15) is 19.2 Å². The molecule has 0 unspecified atom stereocenters. The Bertz CT molecular complexity index is 605. The van der Waals surface area contributed by atoms with E-state index >= 15 is 0 Å². The van der Waals surface area contributed by atoms with Crippen molar-refractivity contribution >= 4 is 23.8 Å². The highest BCUT2D eigenvalue weighted by Gasteiger charge is 2.56. The van der Waals surface area contributed by atoms with Crippen molar-refractivity contribution in [3.63, 3.8) is 0 Å². The van der Waals surface area contributed by atoms with Crippen LogP contribution in [-0.2, 0) is 23.9 Å². The molecule has 0 spiro atoms.